The molecule has 2 rings (SSSR count). The van der Waals surface area contributed by atoms with E-state index in [1.165, 1.54) is 6.07 Å². The van der Waals surface area contributed by atoms with E-state index in [1.54, 1.807) is 0 Å². The fourth-order valence-electron chi connectivity index (χ4n) is 1.63. The molecule has 1 saturated heterocycles. The summed E-state index contributed by atoms with van der Waals surface area (Å²) in [6.07, 6.45) is -0.592. The molecule has 0 bridgehead atoms. The number of nitro benzene ring substituents is 1. The first kappa shape index (κ1) is 12.8. The molecule has 1 aliphatic heterocycles. The molecule has 0 saturated carbocycles. The molecule has 19 heavy (non-hydrogen) atoms. The van der Waals surface area contributed by atoms with Gasteiger partial charge in [-0.2, -0.15) is 0 Å². The Morgan fingerprint density at radius 2 is 2.26 bits per heavy atom. The third kappa shape index (κ3) is 2.62. The van der Waals surface area contributed by atoms with Gasteiger partial charge in [-0.25, -0.2) is 9.59 Å². The average molecular weight is 267 g/mol. The van der Waals surface area contributed by atoms with Gasteiger partial charge in [-0.05, 0) is 12.1 Å². The van der Waals surface area contributed by atoms with Crippen LogP contribution < -0.4 is 4.74 Å². The smallest absolute Gasteiger partial charge is 0.347 e. The molecule has 1 N–H and O–H groups in total. The lowest BCUT2D eigenvalue weighted by Crippen LogP contribution is -2.22. The van der Waals surface area contributed by atoms with E-state index in [2.05, 4.69) is 4.74 Å². The highest BCUT2D eigenvalue weighted by atomic mass is 16.6. The molecule has 0 aromatic heterocycles. The Kier molecular flexibility index (Phi) is 3.32. The molecular weight excluding hydrogens is 258 g/mol. The van der Waals surface area contributed by atoms with Crippen LogP contribution in [0.25, 0.3) is 0 Å². The van der Waals surface area contributed by atoms with Gasteiger partial charge in [0.2, 0.25) is 0 Å². The fourth-order valence-corrected chi connectivity index (χ4v) is 1.63. The topological polar surface area (TPSA) is 116 Å². The van der Waals surface area contributed by atoms with Gasteiger partial charge < -0.3 is 14.6 Å². The van der Waals surface area contributed by atoms with Crippen LogP contribution in [0.3, 0.4) is 0 Å². The number of benzene rings is 1. The maximum atomic E-state index is 11.2. The van der Waals surface area contributed by atoms with Crippen molar-refractivity contribution in [2.24, 2.45) is 0 Å². The Morgan fingerprint density at radius 3 is 2.79 bits per heavy atom. The first-order chi connectivity index (χ1) is 8.99. The highest BCUT2D eigenvalue weighted by molar-refractivity contribution is 5.89. The minimum Gasteiger partial charge on any atom is -0.478 e. The number of nitrogens with zero attached hydrogens (tertiary/aromatic N) is 1. The Morgan fingerprint density at radius 1 is 1.53 bits per heavy atom. The Hall–Kier alpha value is -2.64. The van der Waals surface area contributed by atoms with Gasteiger partial charge in [0.05, 0.1) is 17.1 Å². The summed E-state index contributed by atoms with van der Waals surface area (Å²) < 4.78 is 9.88. The first-order valence-electron chi connectivity index (χ1n) is 5.34. The lowest BCUT2D eigenvalue weighted by Gasteiger charge is -2.10. The Bertz CT molecular complexity index is 554. The van der Waals surface area contributed by atoms with Crippen molar-refractivity contribution in [2.45, 2.75) is 12.5 Å². The van der Waals surface area contributed by atoms with Crippen LogP contribution in [0.5, 0.6) is 5.75 Å². The molecule has 1 aliphatic rings. The zero-order chi connectivity index (χ0) is 14.0. The van der Waals surface area contributed by atoms with Crippen molar-refractivity contribution >= 4 is 17.6 Å². The summed E-state index contributed by atoms with van der Waals surface area (Å²) in [6.45, 7) is 0.199. The number of nitro groups is 1. The van der Waals surface area contributed by atoms with Crippen molar-refractivity contribution in [3.05, 3.63) is 33.9 Å². The molecule has 8 heteroatoms. The minimum absolute atomic E-state index is 0.154. The van der Waals surface area contributed by atoms with Gasteiger partial charge in [0.25, 0.3) is 0 Å². The molecule has 0 amide bonds. The van der Waals surface area contributed by atoms with E-state index in [9.17, 15) is 19.7 Å². The second-order valence-electron chi connectivity index (χ2n) is 3.81. The minimum atomic E-state index is -1.28. The van der Waals surface area contributed by atoms with Gasteiger partial charge in [-0.3, -0.25) is 10.1 Å². The molecule has 1 atom stereocenters. The number of carboxylic acids is 1. The lowest BCUT2D eigenvalue weighted by molar-refractivity contribution is -0.386. The van der Waals surface area contributed by atoms with Crippen LogP contribution in [0, 0.1) is 10.1 Å². The number of aromatic carboxylic acids is 1. The van der Waals surface area contributed by atoms with Gasteiger partial charge in [0, 0.05) is 12.5 Å². The third-order valence-electron chi connectivity index (χ3n) is 2.56. The highest BCUT2D eigenvalue weighted by Gasteiger charge is 2.31. The highest BCUT2D eigenvalue weighted by Crippen LogP contribution is 2.30. The molecular formula is C11H9NO7. The van der Waals surface area contributed by atoms with E-state index in [0.717, 1.165) is 12.1 Å². The van der Waals surface area contributed by atoms with Crippen molar-refractivity contribution in [1.29, 1.82) is 0 Å². The average Bonchev–Trinajstić information content (AvgIpc) is 2.75. The van der Waals surface area contributed by atoms with E-state index in [-0.39, 0.29) is 17.9 Å². The molecule has 1 unspecified atom stereocenters. The zero-order valence-corrected chi connectivity index (χ0v) is 9.57. The number of carbonyl (C=O) groups is 2. The molecule has 0 spiro atoms. The summed E-state index contributed by atoms with van der Waals surface area (Å²) in [5, 5.41) is 19.6. The van der Waals surface area contributed by atoms with Gasteiger partial charge >= 0.3 is 17.6 Å². The van der Waals surface area contributed by atoms with Crippen molar-refractivity contribution in [1.82, 2.24) is 0 Å². The van der Waals surface area contributed by atoms with Gasteiger partial charge in [0.1, 0.15) is 0 Å². The molecule has 1 aromatic carbocycles. The summed E-state index contributed by atoms with van der Waals surface area (Å²) in [5.41, 5.74) is -0.729. The van der Waals surface area contributed by atoms with Gasteiger partial charge in [-0.15, -0.1) is 0 Å². The van der Waals surface area contributed by atoms with Crippen LogP contribution in [0.2, 0.25) is 0 Å². The summed E-state index contributed by atoms with van der Waals surface area (Å²) in [6, 6.07) is 3.22. The van der Waals surface area contributed by atoms with Gasteiger partial charge in [0.15, 0.2) is 11.9 Å². The van der Waals surface area contributed by atoms with Crippen molar-refractivity contribution in [3.63, 3.8) is 0 Å². The maximum absolute atomic E-state index is 11.2. The number of carboxylic acid groups (broad SMARTS) is 1. The van der Waals surface area contributed by atoms with Crippen LogP contribution >= 0.6 is 0 Å². The second kappa shape index (κ2) is 4.92. The normalized spacial score (nSPS) is 17.9. The number of hydrogen-bond acceptors (Lipinski definition) is 6. The SMILES string of the molecule is O=C(O)c1ccc(OC2CCOC2=O)c([N+](=O)[O-])c1. The molecule has 1 heterocycles. The van der Waals surface area contributed by atoms with Crippen LogP contribution in [-0.4, -0.2) is 34.7 Å². The number of rotatable bonds is 4. The first-order valence-corrected chi connectivity index (χ1v) is 5.34. The van der Waals surface area contributed by atoms with E-state index in [1.807, 2.05) is 0 Å². The quantitative estimate of drug-likeness (QED) is 0.491. The Labute approximate surface area is 106 Å². The van der Waals surface area contributed by atoms with Crippen LogP contribution in [0.4, 0.5) is 5.69 Å². The maximum Gasteiger partial charge on any atom is 0.347 e. The predicted octanol–water partition coefficient (Wildman–Crippen LogP) is 0.987. The van der Waals surface area contributed by atoms with E-state index < -0.39 is 28.7 Å². The number of esters is 1. The molecule has 0 aliphatic carbocycles. The van der Waals surface area contributed by atoms with E-state index in [0.29, 0.717) is 6.42 Å². The predicted molar refractivity (Wildman–Crippen MR) is 60.0 cm³/mol. The zero-order valence-electron chi connectivity index (χ0n) is 9.57. The summed E-state index contributed by atoms with van der Waals surface area (Å²) in [5.74, 6) is -2.02. The summed E-state index contributed by atoms with van der Waals surface area (Å²) >= 11 is 0. The standard InChI is InChI=1S/C11H9NO7/c13-10(14)6-1-2-8(7(5-6)12(16)17)19-9-3-4-18-11(9)15/h1-2,5,9H,3-4H2,(H,13,14). The third-order valence-corrected chi connectivity index (χ3v) is 2.56. The molecule has 0 radical (unpaired) electrons. The number of ether oxygens (including phenoxy) is 2. The summed E-state index contributed by atoms with van der Waals surface area (Å²) in [7, 11) is 0. The molecule has 1 fully saturated rings. The number of hydrogen-bond donors (Lipinski definition) is 1. The van der Waals surface area contributed by atoms with Gasteiger partial charge in [-0.1, -0.05) is 0 Å². The Balaban J connectivity index is 2.31. The van der Waals surface area contributed by atoms with Crippen LogP contribution in [0.1, 0.15) is 16.8 Å². The molecule has 1 aromatic rings. The lowest BCUT2D eigenvalue weighted by atomic mass is 10.2. The second-order valence-corrected chi connectivity index (χ2v) is 3.81. The fraction of sp³-hybridized carbons (Fsp3) is 0.273. The summed E-state index contributed by atoms with van der Waals surface area (Å²) in [4.78, 5) is 32.1. The van der Waals surface area contributed by atoms with Crippen LogP contribution in [-0.2, 0) is 9.53 Å². The van der Waals surface area contributed by atoms with Crippen molar-refractivity contribution < 1.29 is 29.1 Å². The largest absolute Gasteiger partial charge is 0.478 e. The van der Waals surface area contributed by atoms with Crippen LogP contribution in [0.15, 0.2) is 18.2 Å². The molecule has 8 nitrogen and oxygen atoms in total. The van der Waals surface area contributed by atoms with Crippen molar-refractivity contribution in [2.75, 3.05) is 6.61 Å². The monoisotopic (exact) mass is 267 g/mol. The van der Waals surface area contributed by atoms with E-state index in [4.69, 9.17) is 9.84 Å². The number of cyclic esters (lactones) is 1. The number of carbonyl (C=O) groups excluding carboxylic acids is 1. The molecule has 100 valence electrons. The van der Waals surface area contributed by atoms with Crippen molar-refractivity contribution in [3.8, 4) is 5.75 Å². The van der Waals surface area contributed by atoms with E-state index >= 15 is 0 Å².